The smallest absolute Gasteiger partial charge is 0.120 e. The van der Waals surface area contributed by atoms with E-state index >= 15 is 0 Å². The van der Waals surface area contributed by atoms with Crippen LogP contribution in [0.4, 0.5) is 0 Å². The number of rotatable bonds is 6. The van der Waals surface area contributed by atoms with Crippen LogP contribution in [0.1, 0.15) is 60.3 Å². The summed E-state index contributed by atoms with van der Waals surface area (Å²) in [5.74, 6) is 0. The zero-order valence-electron chi connectivity index (χ0n) is 11.0. The molecule has 1 atom stereocenters. The van der Waals surface area contributed by atoms with E-state index in [4.69, 9.17) is 0 Å². The Morgan fingerprint density at radius 1 is 1.07 bits per heavy atom. The van der Waals surface area contributed by atoms with Gasteiger partial charge in [-0.2, -0.15) is 0 Å². The van der Waals surface area contributed by atoms with Crippen LogP contribution in [-0.2, 0) is 4.79 Å². The Bertz CT molecular complexity index is 210. The minimum absolute atomic E-state index is 0.0606. The maximum Gasteiger partial charge on any atom is 0.120 e. The highest BCUT2D eigenvalue weighted by Crippen LogP contribution is 2.31. The predicted octanol–water partition coefficient (Wildman–Crippen LogP) is 4.37. The van der Waals surface area contributed by atoms with Gasteiger partial charge in [-0.05, 0) is 17.3 Å². The fourth-order valence-electron chi connectivity index (χ4n) is 1.48. The second-order valence-electron chi connectivity index (χ2n) is 5.83. The van der Waals surface area contributed by atoms with E-state index in [1.54, 1.807) is 0 Å². The lowest BCUT2D eigenvalue weighted by Crippen LogP contribution is -2.15. The van der Waals surface area contributed by atoms with E-state index in [1.807, 2.05) is 0 Å². The maximum atomic E-state index is 10.7. The molecule has 0 N–H and O–H groups in total. The molecule has 0 aromatic carbocycles. The Hall–Kier alpha value is -0.590. The maximum absolute atomic E-state index is 10.7. The minimum atomic E-state index is 0.0606. The molecular weight excluding hydrogens is 184 g/mol. The average molecular weight is 210 g/mol. The molecule has 0 aliphatic rings. The molecule has 0 aliphatic heterocycles. The van der Waals surface area contributed by atoms with Gasteiger partial charge < -0.3 is 4.79 Å². The summed E-state index contributed by atoms with van der Waals surface area (Å²) >= 11 is 0. The van der Waals surface area contributed by atoms with Crippen LogP contribution in [0.3, 0.4) is 0 Å². The van der Waals surface area contributed by atoms with Crippen LogP contribution < -0.4 is 0 Å². The molecule has 0 fully saturated rings. The third-order valence-electron chi connectivity index (χ3n) is 2.64. The predicted molar refractivity (Wildman–Crippen MR) is 66.9 cm³/mol. The summed E-state index contributed by atoms with van der Waals surface area (Å²) in [6.45, 7) is 10.9. The largest absolute Gasteiger partial charge is 0.303 e. The van der Waals surface area contributed by atoms with Crippen molar-refractivity contribution >= 4 is 6.29 Å². The standard InChI is InChI=1S/C14H26O/c1-6-7-8-14(5,11-12-15)10-9-13(2,3)4/h9-10,12H,6-8,11H2,1-5H3/b10-9+/t14-/m1/s1. The van der Waals surface area contributed by atoms with Crippen LogP contribution >= 0.6 is 0 Å². The van der Waals surface area contributed by atoms with Crippen LogP contribution in [-0.4, -0.2) is 6.29 Å². The number of carbonyl (C=O) groups excluding carboxylic acids is 1. The Labute approximate surface area is 95.0 Å². The number of hydrogen-bond donors (Lipinski definition) is 0. The molecule has 1 heteroatoms. The van der Waals surface area contributed by atoms with E-state index in [0.717, 1.165) is 12.7 Å². The van der Waals surface area contributed by atoms with Crippen molar-refractivity contribution in [2.24, 2.45) is 10.8 Å². The fourth-order valence-corrected chi connectivity index (χ4v) is 1.48. The first-order chi connectivity index (χ1) is 6.83. The summed E-state index contributed by atoms with van der Waals surface area (Å²) in [5.41, 5.74) is 0.265. The van der Waals surface area contributed by atoms with Gasteiger partial charge in [-0.1, -0.05) is 59.6 Å². The zero-order chi connectivity index (χ0) is 11.9. The molecule has 88 valence electrons. The van der Waals surface area contributed by atoms with Gasteiger partial charge in [0.15, 0.2) is 0 Å². The lowest BCUT2D eigenvalue weighted by atomic mass is 9.80. The minimum Gasteiger partial charge on any atom is -0.303 e. The van der Waals surface area contributed by atoms with Crippen molar-refractivity contribution in [2.75, 3.05) is 0 Å². The van der Waals surface area contributed by atoms with Gasteiger partial charge in [0.1, 0.15) is 6.29 Å². The molecule has 0 amide bonds. The topological polar surface area (TPSA) is 17.1 Å². The molecule has 0 aromatic heterocycles. The summed E-state index contributed by atoms with van der Waals surface area (Å²) in [6.07, 6.45) is 9.64. The molecule has 0 saturated carbocycles. The first-order valence-electron chi connectivity index (χ1n) is 5.97. The normalized spacial score (nSPS) is 16.6. The van der Waals surface area contributed by atoms with Gasteiger partial charge >= 0.3 is 0 Å². The number of hydrogen-bond acceptors (Lipinski definition) is 1. The van der Waals surface area contributed by atoms with E-state index in [-0.39, 0.29) is 10.8 Å². The summed E-state index contributed by atoms with van der Waals surface area (Å²) < 4.78 is 0. The highest BCUT2D eigenvalue weighted by Gasteiger charge is 2.20. The Kier molecular flexibility index (Phi) is 5.85. The van der Waals surface area contributed by atoms with Crippen molar-refractivity contribution < 1.29 is 4.79 Å². The fraction of sp³-hybridized carbons (Fsp3) is 0.786. The van der Waals surface area contributed by atoms with Crippen LogP contribution in [0.15, 0.2) is 12.2 Å². The molecular formula is C14H26O. The van der Waals surface area contributed by atoms with Crippen LogP contribution in [0.2, 0.25) is 0 Å². The highest BCUT2D eigenvalue weighted by molar-refractivity contribution is 5.51. The first-order valence-corrected chi connectivity index (χ1v) is 5.97. The summed E-state index contributed by atoms with van der Waals surface area (Å²) in [4.78, 5) is 10.7. The molecule has 0 bridgehead atoms. The van der Waals surface area contributed by atoms with E-state index in [2.05, 4.69) is 46.8 Å². The number of allylic oxidation sites excluding steroid dienone is 2. The van der Waals surface area contributed by atoms with Gasteiger partial charge in [0.2, 0.25) is 0 Å². The lowest BCUT2D eigenvalue weighted by molar-refractivity contribution is -0.109. The molecule has 1 nitrogen and oxygen atoms in total. The first kappa shape index (κ1) is 14.4. The summed E-state index contributed by atoms with van der Waals surface area (Å²) in [7, 11) is 0. The third-order valence-corrected chi connectivity index (χ3v) is 2.64. The van der Waals surface area contributed by atoms with Crippen molar-refractivity contribution in [3.8, 4) is 0 Å². The molecule has 0 radical (unpaired) electrons. The van der Waals surface area contributed by atoms with Crippen LogP contribution in [0.5, 0.6) is 0 Å². The molecule has 0 aliphatic carbocycles. The SMILES string of the molecule is CCCC[C@](C)(/C=C/C(C)(C)C)CC=O. The second-order valence-corrected chi connectivity index (χ2v) is 5.83. The second kappa shape index (κ2) is 6.09. The van der Waals surface area contributed by atoms with Gasteiger partial charge in [0.25, 0.3) is 0 Å². The molecule has 0 heterocycles. The van der Waals surface area contributed by atoms with Gasteiger partial charge in [-0.3, -0.25) is 0 Å². The van der Waals surface area contributed by atoms with Crippen molar-refractivity contribution in [1.29, 1.82) is 0 Å². The van der Waals surface area contributed by atoms with E-state index in [0.29, 0.717) is 6.42 Å². The zero-order valence-corrected chi connectivity index (χ0v) is 11.0. The van der Waals surface area contributed by atoms with E-state index in [9.17, 15) is 4.79 Å². The molecule has 0 rings (SSSR count). The molecule has 0 spiro atoms. The molecule has 0 aromatic rings. The van der Waals surface area contributed by atoms with Gasteiger partial charge in [0, 0.05) is 6.42 Å². The average Bonchev–Trinajstić information content (AvgIpc) is 2.12. The van der Waals surface area contributed by atoms with Crippen LogP contribution in [0, 0.1) is 10.8 Å². The third kappa shape index (κ3) is 7.35. The van der Waals surface area contributed by atoms with Crippen molar-refractivity contribution in [1.82, 2.24) is 0 Å². The van der Waals surface area contributed by atoms with E-state index < -0.39 is 0 Å². The van der Waals surface area contributed by atoms with Gasteiger partial charge in [0.05, 0.1) is 0 Å². The number of unbranched alkanes of at least 4 members (excludes halogenated alkanes) is 1. The Morgan fingerprint density at radius 2 is 1.67 bits per heavy atom. The monoisotopic (exact) mass is 210 g/mol. The van der Waals surface area contributed by atoms with Crippen LogP contribution in [0.25, 0.3) is 0 Å². The quantitative estimate of drug-likeness (QED) is 0.470. The highest BCUT2D eigenvalue weighted by atomic mass is 16.1. The van der Waals surface area contributed by atoms with E-state index in [1.165, 1.54) is 12.8 Å². The number of aldehydes is 1. The lowest BCUT2D eigenvalue weighted by Gasteiger charge is -2.25. The number of carbonyl (C=O) groups is 1. The Morgan fingerprint density at radius 3 is 2.07 bits per heavy atom. The van der Waals surface area contributed by atoms with Crippen molar-refractivity contribution in [3.63, 3.8) is 0 Å². The summed E-state index contributed by atoms with van der Waals surface area (Å²) in [6, 6.07) is 0. The Balaban J connectivity index is 4.49. The molecule has 15 heavy (non-hydrogen) atoms. The van der Waals surface area contributed by atoms with Gasteiger partial charge in [-0.15, -0.1) is 0 Å². The van der Waals surface area contributed by atoms with Crippen molar-refractivity contribution in [3.05, 3.63) is 12.2 Å². The molecule has 0 unspecified atom stereocenters. The summed E-state index contributed by atoms with van der Waals surface area (Å²) in [5, 5.41) is 0. The van der Waals surface area contributed by atoms with Crippen molar-refractivity contribution in [2.45, 2.75) is 60.3 Å². The van der Waals surface area contributed by atoms with Gasteiger partial charge in [-0.25, -0.2) is 0 Å². The molecule has 0 saturated heterocycles.